The van der Waals surface area contributed by atoms with Crippen LogP contribution in [-0.2, 0) is 13.5 Å². The first-order valence-electron chi connectivity index (χ1n) is 4.83. The van der Waals surface area contributed by atoms with Crippen molar-refractivity contribution in [2.45, 2.75) is 12.5 Å². The number of aryl methyl sites for hydroxylation is 1. The fraction of sp³-hybridized carbons (Fsp3) is 0.444. The molecule has 0 aliphatic rings. The smallest absolute Gasteiger partial charge is 0.176 e. The number of rotatable bonds is 4. The number of aromatic nitrogens is 4. The molecule has 0 fully saturated rings. The van der Waals surface area contributed by atoms with E-state index in [9.17, 15) is 0 Å². The lowest BCUT2D eigenvalue weighted by Crippen LogP contribution is -2.18. The van der Waals surface area contributed by atoms with E-state index in [-0.39, 0.29) is 6.04 Å². The molecule has 0 saturated heterocycles. The third-order valence-electron chi connectivity index (χ3n) is 2.28. The molecule has 0 aromatic carbocycles. The van der Waals surface area contributed by atoms with E-state index in [1.807, 2.05) is 7.05 Å². The van der Waals surface area contributed by atoms with Gasteiger partial charge in [0.15, 0.2) is 5.82 Å². The van der Waals surface area contributed by atoms with Gasteiger partial charge in [0.2, 0.25) is 0 Å². The van der Waals surface area contributed by atoms with Crippen LogP contribution in [0, 0.1) is 0 Å². The fourth-order valence-corrected chi connectivity index (χ4v) is 2.71. The molecule has 5 nitrogen and oxygen atoms in total. The highest BCUT2D eigenvalue weighted by Gasteiger charge is 2.14. The van der Waals surface area contributed by atoms with E-state index in [4.69, 9.17) is 0 Å². The van der Waals surface area contributed by atoms with Crippen LogP contribution in [0.3, 0.4) is 0 Å². The molecule has 0 spiro atoms. The highest BCUT2D eigenvalue weighted by Crippen LogP contribution is 2.26. The Kier molecular flexibility index (Phi) is 3.67. The molecule has 0 radical (unpaired) electrons. The van der Waals surface area contributed by atoms with Gasteiger partial charge < -0.3 is 5.32 Å². The second kappa shape index (κ2) is 5.03. The lowest BCUT2D eigenvalue weighted by molar-refractivity contribution is 0.571. The predicted molar refractivity (Wildman–Crippen MR) is 66.3 cm³/mol. The molecule has 0 bridgehead atoms. The summed E-state index contributed by atoms with van der Waals surface area (Å²) in [5.41, 5.74) is 1.24. The molecule has 2 heterocycles. The molecule has 2 rings (SSSR count). The zero-order chi connectivity index (χ0) is 11.5. The summed E-state index contributed by atoms with van der Waals surface area (Å²) in [5.74, 6) is 0.754. The van der Waals surface area contributed by atoms with Crippen LogP contribution < -0.4 is 5.32 Å². The minimum Gasteiger partial charge on any atom is -0.313 e. The number of hydrogen-bond acceptors (Lipinski definition) is 5. The lowest BCUT2D eigenvalue weighted by Gasteiger charge is -2.11. The van der Waals surface area contributed by atoms with Crippen molar-refractivity contribution in [2.75, 3.05) is 7.05 Å². The van der Waals surface area contributed by atoms with Gasteiger partial charge in [-0.3, -0.25) is 0 Å². The van der Waals surface area contributed by atoms with Crippen LogP contribution in [0.4, 0.5) is 0 Å². The highest BCUT2D eigenvalue weighted by atomic mass is 79.9. The average molecular weight is 302 g/mol. The van der Waals surface area contributed by atoms with Crippen molar-refractivity contribution < 1.29 is 0 Å². The van der Waals surface area contributed by atoms with Crippen LogP contribution in [-0.4, -0.2) is 27.3 Å². The Hall–Kier alpha value is -0.790. The Morgan fingerprint density at radius 2 is 2.44 bits per heavy atom. The molecular formula is C9H12BrN5S. The first-order chi connectivity index (χ1) is 7.69. The summed E-state index contributed by atoms with van der Waals surface area (Å²) in [4.78, 5) is 1.48. The molecule has 7 heteroatoms. The maximum Gasteiger partial charge on any atom is 0.176 e. The van der Waals surface area contributed by atoms with E-state index in [1.54, 1.807) is 18.4 Å². The van der Waals surface area contributed by atoms with Crippen molar-refractivity contribution in [3.63, 3.8) is 0 Å². The van der Waals surface area contributed by atoms with Crippen LogP contribution in [0.25, 0.3) is 0 Å². The SMILES string of the molecule is CNC(Cc1nnn(C)n1)c1csc(Br)c1. The summed E-state index contributed by atoms with van der Waals surface area (Å²) >= 11 is 5.14. The first kappa shape index (κ1) is 11.7. The van der Waals surface area contributed by atoms with Gasteiger partial charge in [-0.05, 0) is 45.2 Å². The number of hydrogen-bond donors (Lipinski definition) is 1. The molecule has 16 heavy (non-hydrogen) atoms. The molecule has 1 N–H and O–H groups in total. The van der Waals surface area contributed by atoms with Crippen LogP contribution >= 0.6 is 27.3 Å². The van der Waals surface area contributed by atoms with Gasteiger partial charge >= 0.3 is 0 Å². The second-order valence-corrected chi connectivity index (χ2v) is 5.72. The normalized spacial score (nSPS) is 12.9. The number of halogens is 1. The Balaban J connectivity index is 2.12. The summed E-state index contributed by atoms with van der Waals surface area (Å²) < 4.78 is 1.13. The van der Waals surface area contributed by atoms with E-state index < -0.39 is 0 Å². The molecule has 0 amide bonds. The monoisotopic (exact) mass is 301 g/mol. The quantitative estimate of drug-likeness (QED) is 0.931. The Morgan fingerprint density at radius 3 is 2.94 bits per heavy atom. The van der Waals surface area contributed by atoms with Crippen molar-refractivity contribution in [3.8, 4) is 0 Å². The van der Waals surface area contributed by atoms with Gasteiger partial charge in [0.1, 0.15) is 0 Å². The maximum atomic E-state index is 4.18. The third-order valence-corrected chi connectivity index (χ3v) is 3.80. The highest BCUT2D eigenvalue weighted by molar-refractivity contribution is 9.11. The number of thiophene rings is 1. The average Bonchev–Trinajstić information content (AvgIpc) is 2.84. The predicted octanol–water partition coefficient (Wildman–Crippen LogP) is 1.54. The second-order valence-electron chi connectivity index (χ2n) is 3.42. The largest absolute Gasteiger partial charge is 0.313 e. The van der Waals surface area contributed by atoms with Crippen molar-refractivity contribution in [1.82, 2.24) is 25.5 Å². The maximum absolute atomic E-state index is 4.18. The standard InChI is InChI=1S/C9H12BrN5S/c1-11-7(6-3-8(10)16-5-6)4-9-12-14-15(2)13-9/h3,5,7,11H,4H2,1-2H3. The molecule has 86 valence electrons. The first-order valence-corrected chi connectivity index (χ1v) is 6.50. The molecule has 0 aliphatic heterocycles. The van der Waals surface area contributed by atoms with E-state index in [2.05, 4.69) is 48.1 Å². The Morgan fingerprint density at radius 1 is 1.62 bits per heavy atom. The van der Waals surface area contributed by atoms with Crippen molar-refractivity contribution in [3.05, 3.63) is 26.6 Å². The summed E-state index contributed by atoms with van der Waals surface area (Å²) in [6.07, 6.45) is 0.744. The van der Waals surface area contributed by atoms with E-state index in [1.165, 1.54) is 10.4 Å². The van der Waals surface area contributed by atoms with E-state index in [0.29, 0.717) is 0 Å². The lowest BCUT2D eigenvalue weighted by atomic mass is 10.1. The molecule has 0 saturated carbocycles. The van der Waals surface area contributed by atoms with Crippen LogP contribution in [0.15, 0.2) is 15.2 Å². The van der Waals surface area contributed by atoms with Gasteiger partial charge in [0, 0.05) is 12.5 Å². The topological polar surface area (TPSA) is 55.6 Å². The van der Waals surface area contributed by atoms with Gasteiger partial charge in [-0.2, -0.15) is 4.80 Å². The van der Waals surface area contributed by atoms with Crippen LogP contribution in [0.5, 0.6) is 0 Å². The van der Waals surface area contributed by atoms with Gasteiger partial charge in [-0.1, -0.05) is 0 Å². The van der Waals surface area contributed by atoms with Gasteiger partial charge in [-0.25, -0.2) is 0 Å². The summed E-state index contributed by atoms with van der Waals surface area (Å²) in [6, 6.07) is 2.34. The molecule has 1 unspecified atom stereocenters. The fourth-order valence-electron chi connectivity index (χ4n) is 1.48. The number of likely N-dealkylation sites (N-methyl/N-ethyl adjacent to an activating group) is 1. The molecule has 2 aromatic heterocycles. The van der Waals surface area contributed by atoms with Crippen LogP contribution in [0.1, 0.15) is 17.4 Å². The third kappa shape index (κ3) is 2.66. The Labute approximate surface area is 106 Å². The zero-order valence-electron chi connectivity index (χ0n) is 9.01. The van der Waals surface area contributed by atoms with Gasteiger partial charge in [0.05, 0.1) is 10.8 Å². The van der Waals surface area contributed by atoms with Gasteiger partial charge in [0.25, 0.3) is 0 Å². The summed E-state index contributed by atoms with van der Waals surface area (Å²) in [7, 11) is 3.71. The molecule has 1 atom stereocenters. The summed E-state index contributed by atoms with van der Waals surface area (Å²) in [6.45, 7) is 0. The van der Waals surface area contributed by atoms with Crippen molar-refractivity contribution in [1.29, 1.82) is 0 Å². The summed E-state index contributed by atoms with van der Waals surface area (Å²) in [5, 5.41) is 17.4. The van der Waals surface area contributed by atoms with E-state index >= 15 is 0 Å². The number of nitrogens with one attached hydrogen (secondary N) is 1. The Bertz CT molecular complexity index is 466. The number of nitrogens with zero attached hydrogens (tertiary/aromatic N) is 4. The minimum absolute atomic E-state index is 0.228. The zero-order valence-corrected chi connectivity index (χ0v) is 11.4. The van der Waals surface area contributed by atoms with Crippen molar-refractivity contribution in [2.24, 2.45) is 7.05 Å². The van der Waals surface area contributed by atoms with Crippen molar-refractivity contribution >= 4 is 27.3 Å². The van der Waals surface area contributed by atoms with E-state index in [0.717, 1.165) is 16.0 Å². The minimum atomic E-state index is 0.228. The molecule has 2 aromatic rings. The molecular weight excluding hydrogens is 290 g/mol. The number of tetrazole rings is 1. The van der Waals surface area contributed by atoms with Crippen LogP contribution in [0.2, 0.25) is 0 Å². The van der Waals surface area contributed by atoms with Gasteiger partial charge in [-0.15, -0.1) is 21.5 Å². The molecule has 0 aliphatic carbocycles.